The van der Waals surface area contributed by atoms with Gasteiger partial charge in [-0.2, -0.15) is 0 Å². The molecule has 1 rings (SSSR count). The minimum atomic E-state index is 0.441. The third-order valence-electron chi connectivity index (χ3n) is 1.42. The predicted molar refractivity (Wildman–Crippen MR) is 40.3 cm³/mol. The Balaban J connectivity index is 2.67. The predicted octanol–water partition coefficient (Wildman–Crippen LogP) is -1.26. The lowest BCUT2D eigenvalue weighted by molar-refractivity contribution is -0.648. The average molecular weight is 157 g/mol. The van der Waals surface area contributed by atoms with Crippen LogP contribution in [0, 0.1) is 0 Å². The molecule has 1 aromatic rings. The molecule has 5 nitrogen and oxygen atoms in total. The Kier molecular flexibility index (Phi) is 2.32. The Labute approximate surface area is 65.1 Å². The lowest BCUT2D eigenvalue weighted by Gasteiger charge is -1.96. The van der Waals surface area contributed by atoms with Crippen LogP contribution in [-0.2, 0) is 11.3 Å². The molecule has 0 amide bonds. The summed E-state index contributed by atoms with van der Waals surface area (Å²) in [6, 6.07) is 0. The van der Waals surface area contributed by atoms with Crippen molar-refractivity contribution in [3.63, 3.8) is 0 Å². The smallest absolute Gasteiger partial charge is 0.329 e. The Morgan fingerprint density at radius 3 is 2.91 bits per heavy atom. The zero-order valence-electron chi connectivity index (χ0n) is 6.53. The Morgan fingerprint density at radius 1 is 1.73 bits per heavy atom. The van der Waals surface area contributed by atoms with Crippen LogP contribution >= 0.6 is 0 Å². The molecule has 0 unspecified atom stereocenters. The molecule has 0 atom stereocenters. The molecular formula is C6H13N4O+. The summed E-state index contributed by atoms with van der Waals surface area (Å²) < 4.78 is 8.02. The van der Waals surface area contributed by atoms with E-state index >= 15 is 0 Å². The van der Waals surface area contributed by atoms with Crippen molar-refractivity contribution in [3.8, 4) is 0 Å². The summed E-state index contributed by atoms with van der Waals surface area (Å²) in [5, 5.41) is 0. The van der Waals surface area contributed by atoms with Crippen molar-refractivity contribution >= 4 is 0 Å². The summed E-state index contributed by atoms with van der Waals surface area (Å²) in [7, 11) is 0. The minimum Gasteiger partial charge on any atom is -0.369 e. The van der Waals surface area contributed by atoms with Crippen LogP contribution in [-0.4, -0.2) is 11.3 Å². The highest BCUT2D eigenvalue weighted by Gasteiger charge is 2.12. The van der Waals surface area contributed by atoms with Crippen LogP contribution in [0.25, 0.3) is 0 Å². The fourth-order valence-corrected chi connectivity index (χ4v) is 0.791. The molecule has 0 spiro atoms. The molecule has 4 N–H and O–H groups in total. The highest BCUT2D eigenvalue weighted by Crippen LogP contribution is 1.90. The highest BCUT2D eigenvalue weighted by molar-refractivity contribution is 4.80. The van der Waals surface area contributed by atoms with Crippen LogP contribution < -0.4 is 16.4 Å². The molecule has 11 heavy (non-hydrogen) atoms. The first-order chi connectivity index (χ1) is 5.25. The molecule has 0 radical (unpaired) electrons. The lowest BCUT2D eigenvalue weighted by Crippen LogP contribution is -2.47. The zero-order valence-corrected chi connectivity index (χ0v) is 6.53. The Morgan fingerprint density at radius 2 is 2.45 bits per heavy atom. The second kappa shape index (κ2) is 3.25. The highest BCUT2D eigenvalue weighted by atomic mass is 16.5. The van der Waals surface area contributed by atoms with Gasteiger partial charge < -0.3 is 4.74 Å². The van der Waals surface area contributed by atoms with Crippen LogP contribution in [0.2, 0.25) is 0 Å². The molecule has 62 valence electrons. The van der Waals surface area contributed by atoms with Crippen molar-refractivity contribution in [2.45, 2.75) is 13.5 Å². The number of hydrogen-bond donors (Lipinski definition) is 2. The van der Waals surface area contributed by atoms with E-state index in [4.69, 9.17) is 16.4 Å². The number of ether oxygens (including phenoxy) is 1. The topological polar surface area (TPSA) is 70.1 Å². The van der Waals surface area contributed by atoms with E-state index in [1.54, 1.807) is 12.4 Å². The van der Waals surface area contributed by atoms with Gasteiger partial charge >= 0.3 is 5.82 Å². The molecule has 0 aliphatic heterocycles. The number of nitrogens with two attached hydrogens (primary N) is 2. The van der Waals surface area contributed by atoms with E-state index in [2.05, 4.69) is 0 Å². The summed E-state index contributed by atoms with van der Waals surface area (Å²) in [6.45, 7) is 3.02. The molecule has 0 bridgehead atoms. The first-order valence-electron chi connectivity index (χ1n) is 3.45. The van der Waals surface area contributed by atoms with Gasteiger partial charge in [-0.1, -0.05) is 0 Å². The van der Waals surface area contributed by atoms with Gasteiger partial charge in [0.15, 0.2) is 19.0 Å². The van der Waals surface area contributed by atoms with Crippen LogP contribution in [0.1, 0.15) is 12.7 Å². The van der Waals surface area contributed by atoms with Gasteiger partial charge in [0.25, 0.3) is 0 Å². The van der Waals surface area contributed by atoms with E-state index in [0.29, 0.717) is 13.2 Å². The monoisotopic (exact) mass is 157 g/mol. The van der Waals surface area contributed by atoms with Crippen molar-refractivity contribution < 1.29 is 9.41 Å². The van der Waals surface area contributed by atoms with Crippen molar-refractivity contribution in [1.29, 1.82) is 0 Å². The number of nitrogens with zero attached hydrogens (tertiary/aromatic N) is 2. The standard InChI is InChI=1S/C6H13N4O/c1-2-11-5-6-9(7)3-4-10(6)8/h3-4H,2,5,7-8H2,1H3/q+1. The normalized spacial score (nSPS) is 10.3. The van der Waals surface area contributed by atoms with Crippen LogP contribution in [0.4, 0.5) is 0 Å². The van der Waals surface area contributed by atoms with Crippen molar-refractivity contribution in [2.75, 3.05) is 18.3 Å². The van der Waals surface area contributed by atoms with E-state index in [1.807, 2.05) is 6.92 Å². The Hall–Kier alpha value is -1.23. The Bertz CT molecular complexity index is 213. The fourth-order valence-electron chi connectivity index (χ4n) is 0.791. The van der Waals surface area contributed by atoms with Crippen molar-refractivity contribution in [3.05, 3.63) is 18.2 Å². The van der Waals surface area contributed by atoms with Gasteiger partial charge in [-0.25, -0.2) is 0 Å². The zero-order chi connectivity index (χ0) is 8.27. The van der Waals surface area contributed by atoms with Gasteiger partial charge in [0, 0.05) is 6.61 Å². The lowest BCUT2D eigenvalue weighted by atomic mass is 10.6. The molecule has 0 saturated heterocycles. The molecule has 1 heterocycles. The number of nitrogen functional groups attached to an aromatic ring is 2. The number of aromatic nitrogens is 2. The van der Waals surface area contributed by atoms with Crippen LogP contribution in [0.3, 0.4) is 0 Å². The second-order valence-corrected chi connectivity index (χ2v) is 2.17. The summed E-state index contributed by atoms with van der Waals surface area (Å²) in [5.41, 5.74) is 0. The first kappa shape index (κ1) is 7.87. The third kappa shape index (κ3) is 1.62. The van der Waals surface area contributed by atoms with E-state index in [-0.39, 0.29) is 0 Å². The van der Waals surface area contributed by atoms with Gasteiger partial charge in [-0.15, -0.1) is 9.35 Å². The van der Waals surface area contributed by atoms with Gasteiger partial charge in [0.2, 0.25) is 0 Å². The van der Waals surface area contributed by atoms with Crippen molar-refractivity contribution in [2.24, 2.45) is 0 Å². The molecule has 0 fully saturated rings. The number of rotatable bonds is 3. The van der Waals surface area contributed by atoms with Gasteiger partial charge in [-0.3, -0.25) is 11.7 Å². The van der Waals surface area contributed by atoms with Gasteiger partial charge in [0.1, 0.15) is 0 Å². The first-order valence-corrected chi connectivity index (χ1v) is 3.45. The SMILES string of the molecule is CCOCc1n(N)cc[n+]1N. The maximum absolute atomic E-state index is 5.52. The van der Waals surface area contributed by atoms with E-state index in [0.717, 1.165) is 5.82 Å². The molecular weight excluding hydrogens is 144 g/mol. The molecule has 1 aromatic heterocycles. The van der Waals surface area contributed by atoms with Crippen molar-refractivity contribution in [1.82, 2.24) is 4.68 Å². The van der Waals surface area contributed by atoms with E-state index in [1.165, 1.54) is 9.35 Å². The summed E-state index contributed by atoms with van der Waals surface area (Å²) in [6.07, 6.45) is 3.35. The van der Waals surface area contributed by atoms with Gasteiger partial charge in [-0.05, 0) is 6.92 Å². The van der Waals surface area contributed by atoms with E-state index < -0.39 is 0 Å². The second-order valence-electron chi connectivity index (χ2n) is 2.17. The molecule has 0 aromatic carbocycles. The van der Waals surface area contributed by atoms with Gasteiger partial charge in [0.05, 0.1) is 0 Å². The molecule has 5 heteroatoms. The summed E-state index contributed by atoms with van der Waals surface area (Å²) in [4.78, 5) is 0. The minimum absolute atomic E-state index is 0.441. The average Bonchev–Trinajstić information content (AvgIpc) is 2.29. The third-order valence-corrected chi connectivity index (χ3v) is 1.42. The largest absolute Gasteiger partial charge is 0.369 e. The maximum atomic E-state index is 5.52. The number of imidazole rings is 1. The maximum Gasteiger partial charge on any atom is 0.329 e. The summed E-state index contributed by atoms with van der Waals surface area (Å²) >= 11 is 0. The molecule has 0 saturated carbocycles. The molecule has 0 aliphatic carbocycles. The summed E-state index contributed by atoms with van der Waals surface area (Å²) in [5.74, 6) is 11.8. The molecule has 0 aliphatic rings. The quantitative estimate of drug-likeness (QED) is 0.425. The number of hydrogen-bond acceptors (Lipinski definition) is 3. The van der Waals surface area contributed by atoms with Crippen LogP contribution in [0.15, 0.2) is 12.4 Å². The van der Waals surface area contributed by atoms with Crippen LogP contribution in [0.5, 0.6) is 0 Å². The van der Waals surface area contributed by atoms with E-state index in [9.17, 15) is 0 Å². The fraction of sp³-hybridized carbons (Fsp3) is 0.500.